The molecule has 3 aromatic rings. The third-order valence-electron chi connectivity index (χ3n) is 4.13. The molecular weight excluding hydrogens is 318 g/mol. The van der Waals surface area contributed by atoms with E-state index in [0.29, 0.717) is 30.1 Å². The van der Waals surface area contributed by atoms with Crippen molar-refractivity contribution < 1.29 is 22.5 Å². The number of amides is 1. The number of nitrogens with one attached hydrogen (secondary N) is 1. The second-order valence-electron chi connectivity index (χ2n) is 5.71. The van der Waals surface area contributed by atoms with E-state index < -0.39 is 23.0 Å². The minimum Gasteiger partial charge on any atom is -0.461 e. The molecule has 0 unspecified atom stereocenters. The topological polar surface area (TPSA) is 68.3 Å². The molecular formula is C17H12F2N2O3. The molecule has 2 aromatic heterocycles. The Kier molecular flexibility index (Phi) is 3.23. The Hall–Kier alpha value is -2.96. The quantitative estimate of drug-likeness (QED) is 0.788. The van der Waals surface area contributed by atoms with Gasteiger partial charge in [-0.25, -0.2) is 8.78 Å². The van der Waals surface area contributed by atoms with Crippen LogP contribution in [0.15, 0.2) is 51.6 Å². The van der Waals surface area contributed by atoms with Gasteiger partial charge in [-0.15, -0.1) is 0 Å². The van der Waals surface area contributed by atoms with E-state index in [1.54, 1.807) is 18.2 Å². The highest BCUT2D eigenvalue weighted by atomic mass is 19.1. The fraction of sp³-hybridized carbons (Fsp3) is 0.176. The predicted molar refractivity (Wildman–Crippen MR) is 80.1 cm³/mol. The predicted octanol–water partition coefficient (Wildman–Crippen LogP) is 3.88. The first-order valence-electron chi connectivity index (χ1n) is 7.36. The van der Waals surface area contributed by atoms with Crippen LogP contribution >= 0.6 is 0 Å². The molecule has 0 spiro atoms. The van der Waals surface area contributed by atoms with E-state index in [-0.39, 0.29) is 5.69 Å². The van der Waals surface area contributed by atoms with Gasteiger partial charge in [0.15, 0.2) is 5.76 Å². The molecule has 0 radical (unpaired) electrons. The molecule has 0 aliphatic heterocycles. The average Bonchev–Trinajstić information content (AvgIpc) is 3.00. The minimum atomic E-state index is -0.852. The molecule has 1 N–H and O–H groups in total. The largest absolute Gasteiger partial charge is 0.461 e. The summed E-state index contributed by atoms with van der Waals surface area (Å²) in [6, 6.07) is 8.08. The van der Waals surface area contributed by atoms with E-state index in [4.69, 9.17) is 8.94 Å². The second-order valence-corrected chi connectivity index (χ2v) is 5.71. The van der Waals surface area contributed by atoms with Crippen LogP contribution in [-0.4, -0.2) is 11.1 Å². The summed E-state index contributed by atoms with van der Waals surface area (Å²) in [5.74, 6) is -0.995. The molecule has 7 heteroatoms. The molecule has 1 saturated carbocycles. The smallest absolute Gasteiger partial charge is 0.236 e. The van der Waals surface area contributed by atoms with Crippen LogP contribution < -0.4 is 5.32 Å². The fourth-order valence-corrected chi connectivity index (χ4v) is 2.59. The zero-order chi connectivity index (χ0) is 16.7. The summed E-state index contributed by atoms with van der Waals surface area (Å²) < 4.78 is 37.1. The van der Waals surface area contributed by atoms with Crippen molar-refractivity contribution in [3.63, 3.8) is 0 Å². The number of furan rings is 1. The standard InChI is InChI=1S/C17H12F2N2O3/c18-10-3-4-12(11(19)8-10)20-16(22)17(5-6-17)15-9-14(24-21-15)13-2-1-7-23-13/h1-4,7-9H,5-6H2,(H,20,22). The average molecular weight is 330 g/mol. The molecule has 1 aromatic carbocycles. The molecule has 1 fully saturated rings. The van der Waals surface area contributed by atoms with Crippen LogP contribution in [0.25, 0.3) is 11.5 Å². The number of anilines is 1. The summed E-state index contributed by atoms with van der Waals surface area (Å²) >= 11 is 0. The molecule has 0 saturated heterocycles. The van der Waals surface area contributed by atoms with Crippen molar-refractivity contribution in [2.24, 2.45) is 0 Å². The number of hydrogen-bond donors (Lipinski definition) is 1. The number of benzene rings is 1. The molecule has 2 heterocycles. The molecule has 1 aliphatic rings. The third kappa shape index (κ3) is 2.38. The van der Waals surface area contributed by atoms with Crippen LogP contribution in [0.4, 0.5) is 14.5 Å². The van der Waals surface area contributed by atoms with Crippen LogP contribution in [0.3, 0.4) is 0 Å². The Morgan fingerprint density at radius 2 is 2.00 bits per heavy atom. The van der Waals surface area contributed by atoms with Crippen LogP contribution in [0.1, 0.15) is 18.5 Å². The van der Waals surface area contributed by atoms with E-state index in [1.807, 2.05) is 0 Å². The van der Waals surface area contributed by atoms with Crippen molar-refractivity contribution in [1.82, 2.24) is 5.16 Å². The molecule has 1 amide bonds. The van der Waals surface area contributed by atoms with Gasteiger partial charge in [-0.3, -0.25) is 4.79 Å². The lowest BCUT2D eigenvalue weighted by atomic mass is 10.0. The van der Waals surface area contributed by atoms with Crippen molar-refractivity contribution >= 4 is 11.6 Å². The minimum absolute atomic E-state index is 0.0672. The maximum Gasteiger partial charge on any atom is 0.236 e. The van der Waals surface area contributed by atoms with Crippen molar-refractivity contribution in [2.45, 2.75) is 18.3 Å². The Balaban J connectivity index is 1.58. The Morgan fingerprint density at radius 3 is 2.67 bits per heavy atom. The number of aromatic nitrogens is 1. The van der Waals surface area contributed by atoms with Gasteiger partial charge in [-0.05, 0) is 37.1 Å². The number of nitrogens with zero attached hydrogens (tertiary/aromatic N) is 1. The summed E-state index contributed by atoms with van der Waals surface area (Å²) in [6.45, 7) is 0. The van der Waals surface area contributed by atoms with Gasteiger partial charge in [-0.1, -0.05) is 5.16 Å². The lowest BCUT2D eigenvalue weighted by Crippen LogP contribution is -2.28. The van der Waals surface area contributed by atoms with Crippen molar-refractivity contribution in [3.05, 3.63) is 60.0 Å². The number of carbonyl (C=O) groups excluding carboxylic acids is 1. The first kappa shape index (κ1) is 14.6. The Morgan fingerprint density at radius 1 is 1.17 bits per heavy atom. The van der Waals surface area contributed by atoms with Crippen LogP contribution in [0, 0.1) is 11.6 Å². The van der Waals surface area contributed by atoms with E-state index in [0.717, 1.165) is 12.1 Å². The van der Waals surface area contributed by atoms with E-state index in [9.17, 15) is 13.6 Å². The third-order valence-corrected chi connectivity index (χ3v) is 4.13. The van der Waals surface area contributed by atoms with E-state index in [1.165, 1.54) is 12.3 Å². The molecule has 0 bridgehead atoms. The van der Waals surface area contributed by atoms with E-state index in [2.05, 4.69) is 10.5 Å². The normalized spacial score (nSPS) is 15.2. The molecule has 1 aliphatic carbocycles. The van der Waals surface area contributed by atoms with Crippen molar-refractivity contribution in [2.75, 3.05) is 5.32 Å². The van der Waals surface area contributed by atoms with Gasteiger partial charge in [0.1, 0.15) is 11.6 Å². The first-order chi connectivity index (χ1) is 11.6. The molecule has 24 heavy (non-hydrogen) atoms. The highest BCUT2D eigenvalue weighted by molar-refractivity contribution is 6.01. The lowest BCUT2D eigenvalue weighted by Gasteiger charge is -2.13. The zero-order valence-electron chi connectivity index (χ0n) is 12.4. The van der Waals surface area contributed by atoms with Gasteiger partial charge >= 0.3 is 0 Å². The Bertz CT molecular complexity index is 898. The summed E-state index contributed by atoms with van der Waals surface area (Å²) in [5, 5.41) is 6.45. The van der Waals surface area contributed by atoms with Gasteiger partial charge in [0.05, 0.1) is 23.1 Å². The monoisotopic (exact) mass is 330 g/mol. The summed E-state index contributed by atoms with van der Waals surface area (Å²) in [7, 11) is 0. The summed E-state index contributed by atoms with van der Waals surface area (Å²) in [5.41, 5.74) is -0.453. The van der Waals surface area contributed by atoms with Crippen molar-refractivity contribution in [1.29, 1.82) is 0 Å². The van der Waals surface area contributed by atoms with E-state index >= 15 is 0 Å². The molecule has 122 valence electrons. The number of carbonyl (C=O) groups is 1. The lowest BCUT2D eigenvalue weighted by molar-refractivity contribution is -0.118. The number of halogens is 2. The first-order valence-corrected chi connectivity index (χ1v) is 7.36. The fourth-order valence-electron chi connectivity index (χ4n) is 2.59. The van der Waals surface area contributed by atoms with Gasteiger partial charge < -0.3 is 14.3 Å². The number of hydrogen-bond acceptors (Lipinski definition) is 4. The van der Waals surface area contributed by atoms with Gasteiger partial charge in [0.2, 0.25) is 11.7 Å². The highest BCUT2D eigenvalue weighted by Crippen LogP contribution is 2.49. The highest BCUT2D eigenvalue weighted by Gasteiger charge is 2.54. The van der Waals surface area contributed by atoms with Gasteiger partial charge in [-0.2, -0.15) is 0 Å². The van der Waals surface area contributed by atoms with Gasteiger partial charge in [0.25, 0.3) is 0 Å². The summed E-state index contributed by atoms with van der Waals surface area (Å²) in [6.07, 6.45) is 2.66. The number of rotatable bonds is 4. The second kappa shape index (κ2) is 5.30. The molecule has 0 atom stereocenters. The maximum atomic E-state index is 13.7. The van der Waals surface area contributed by atoms with Crippen LogP contribution in [0.2, 0.25) is 0 Å². The Labute approximate surface area is 135 Å². The van der Waals surface area contributed by atoms with Gasteiger partial charge in [0, 0.05) is 12.1 Å². The SMILES string of the molecule is O=C(Nc1ccc(F)cc1F)C1(c2cc(-c3ccco3)on2)CC1. The zero-order valence-corrected chi connectivity index (χ0v) is 12.4. The molecule has 4 rings (SSSR count). The van der Waals surface area contributed by atoms with Crippen LogP contribution in [0.5, 0.6) is 0 Å². The maximum absolute atomic E-state index is 13.7. The van der Waals surface area contributed by atoms with Crippen LogP contribution in [-0.2, 0) is 10.2 Å². The molecule has 5 nitrogen and oxygen atoms in total. The summed E-state index contributed by atoms with van der Waals surface area (Å²) in [4.78, 5) is 12.6. The van der Waals surface area contributed by atoms with Crippen molar-refractivity contribution in [3.8, 4) is 11.5 Å².